The van der Waals surface area contributed by atoms with Crippen molar-refractivity contribution in [1.29, 1.82) is 0 Å². The van der Waals surface area contributed by atoms with Crippen molar-refractivity contribution in [3.63, 3.8) is 0 Å². The predicted molar refractivity (Wildman–Crippen MR) is 55.3 cm³/mol. The van der Waals surface area contributed by atoms with E-state index in [-0.39, 0.29) is 6.04 Å². The Morgan fingerprint density at radius 2 is 2.07 bits per heavy atom. The molecule has 0 radical (unpaired) electrons. The molecular formula is C9H12N2O3S. The molecule has 2 unspecified atom stereocenters. The number of carbonyl (C=O) groups is 3. The molecule has 2 aliphatic rings. The van der Waals surface area contributed by atoms with Crippen LogP contribution in [0.2, 0.25) is 0 Å². The van der Waals surface area contributed by atoms with E-state index in [1.807, 2.05) is 11.6 Å². The zero-order chi connectivity index (χ0) is 11.0. The van der Waals surface area contributed by atoms with Crippen molar-refractivity contribution in [3.05, 3.63) is 0 Å². The monoisotopic (exact) mass is 228 g/mol. The van der Waals surface area contributed by atoms with Crippen LogP contribution in [0.3, 0.4) is 0 Å². The molecule has 1 saturated heterocycles. The molecule has 2 atom stereocenters. The van der Waals surface area contributed by atoms with Gasteiger partial charge in [0.05, 0.1) is 0 Å². The zero-order valence-corrected chi connectivity index (χ0v) is 9.17. The molecular weight excluding hydrogens is 216 g/mol. The summed E-state index contributed by atoms with van der Waals surface area (Å²) in [5.41, 5.74) is 0. The van der Waals surface area contributed by atoms with Crippen LogP contribution in [0, 0.1) is 0 Å². The lowest BCUT2D eigenvalue weighted by Crippen LogP contribution is -2.39. The van der Waals surface area contributed by atoms with E-state index in [4.69, 9.17) is 0 Å². The normalized spacial score (nSPS) is 31.3. The Bertz CT molecular complexity index is 331. The maximum atomic E-state index is 11.4. The fraction of sp³-hybridized carbons (Fsp3) is 0.667. The summed E-state index contributed by atoms with van der Waals surface area (Å²) in [4.78, 5) is 34.8. The van der Waals surface area contributed by atoms with Gasteiger partial charge in [0.25, 0.3) is 0 Å². The molecule has 6 heteroatoms. The van der Waals surface area contributed by atoms with Gasteiger partial charge in [-0.05, 0) is 25.5 Å². The number of urea groups is 1. The third-order valence-corrected chi connectivity index (χ3v) is 4.00. The van der Waals surface area contributed by atoms with E-state index in [0.29, 0.717) is 5.25 Å². The van der Waals surface area contributed by atoms with E-state index in [0.717, 1.165) is 24.2 Å². The number of nitrogens with zero attached hydrogens (tertiary/aromatic N) is 1. The third-order valence-electron chi connectivity index (χ3n) is 2.91. The number of carbonyl (C=O) groups excluding carboxylic acids is 3. The number of hydrogen-bond acceptors (Lipinski definition) is 4. The first kappa shape index (κ1) is 10.5. The standard InChI is InChI=1S/C9H12N2O3S/c1-15-6-3-2-5(4-6)11-8(13)7(12)10-9(11)14/h5-6H,2-4H2,1H3,(H,10,12,14). The average Bonchev–Trinajstić information content (AvgIpc) is 2.74. The SMILES string of the molecule is CSC1CCC(N2C(=O)NC(=O)C2=O)C1. The van der Waals surface area contributed by atoms with Crippen molar-refractivity contribution in [3.8, 4) is 0 Å². The van der Waals surface area contributed by atoms with Crippen LogP contribution in [0.25, 0.3) is 0 Å². The van der Waals surface area contributed by atoms with Crippen molar-refractivity contribution >= 4 is 29.6 Å². The van der Waals surface area contributed by atoms with Crippen molar-refractivity contribution in [2.45, 2.75) is 30.6 Å². The second kappa shape index (κ2) is 3.84. The van der Waals surface area contributed by atoms with Gasteiger partial charge in [0.2, 0.25) is 0 Å². The maximum absolute atomic E-state index is 11.4. The number of thioether (sulfide) groups is 1. The number of rotatable bonds is 2. The molecule has 5 nitrogen and oxygen atoms in total. The molecule has 0 aromatic rings. The van der Waals surface area contributed by atoms with Crippen molar-refractivity contribution in [2.75, 3.05) is 6.26 Å². The molecule has 1 saturated carbocycles. The first-order valence-corrected chi connectivity index (χ1v) is 6.13. The Kier molecular flexibility index (Phi) is 2.68. The van der Waals surface area contributed by atoms with Gasteiger partial charge in [0, 0.05) is 11.3 Å². The van der Waals surface area contributed by atoms with Gasteiger partial charge in [0.1, 0.15) is 0 Å². The number of nitrogens with one attached hydrogen (secondary N) is 1. The first-order valence-electron chi connectivity index (χ1n) is 4.84. The van der Waals surface area contributed by atoms with Crippen LogP contribution in [0.15, 0.2) is 0 Å². The Hall–Kier alpha value is -1.04. The summed E-state index contributed by atoms with van der Waals surface area (Å²) in [5, 5.41) is 2.51. The summed E-state index contributed by atoms with van der Waals surface area (Å²) in [7, 11) is 0. The number of imide groups is 2. The van der Waals surface area contributed by atoms with Crippen LogP contribution in [0.1, 0.15) is 19.3 Å². The second-order valence-electron chi connectivity index (χ2n) is 3.76. The van der Waals surface area contributed by atoms with Gasteiger partial charge in [-0.15, -0.1) is 0 Å². The minimum atomic E-state index is -0.799. The van der Waals surface area contributed by atoms with Crippen LogP contribution in [0.5, 0.6) is 0 Å². The molecule has 0 spiro atoms. The Balaban J connectivity index is 2.08. The lowest BCUT2D eigenvalue weighted by Gasteiger charge is -2.19. The molecule has 82 valence electrons. The molecule has 4 amide bonds. The van der Waals surface area contributed by atoms with E-state index in [2.05, 4.69) is 0 Å². The van der Waals surface area contributed by atoms with Crippen LogP contribution in [0.4, 0.5) is 4.79 Å². The summed E-state index contributed by atoms with van der Waals surface area (Å²) >= 11 is 1.74. The van der Waals surface area contributed by atoms with E-state index in [9.17, 15) is 14.4 Å². The second-order valence-corrected chi connectivity index (χ2v) is 4.90. The summed E-state index contributed by atoms with van der Waals surface area (Å²) in [5.74, 6) is -1.50. The van der Waals surface area contributed by atoms with Crippen molar-refractivity contribution < 1.29 is 14.4 Å². The smallest absolute Gasteiger partial charge is 0.269 e. The highest BCUT2D eigenvalue weighted by Crippen LogP contribution is 2.32. The molecule has 0 aromatic heterocycles. The van der Waals surface area contributed by atoms with Gasteiger partial charge >= 0.3 is 17.8 Å². The van der Waals surface area contributed by atoms with E-state index < -0.39 is 17.8 Å². The van der Waals surface area contributed by atoms with Crippen LogP contribution in [-0.4, -0.2) is 40.3 Å². The Morgan fingerprint density at radius 3 is 2.53 bits per heavy atom. The quantitative estimate of drug-likeness (QED) is 0.547. The summed E-state index contributed by atoms with van der Waals surface area (Å²) in [6, 6.07) is -0.654. The van der Waals surface area contributed by atoms with E-state index in [1.165, 1.54) is 0 Å². The predicted octanol–water partition coefficient (Wildman–Crippen LogP) is 0.349. The van der Waals surface area contributed by atoms with Crippen LogP contribution in [-0.2, 0) is 9.59 Å². The van der Waals surface area contributed by atoms with Crippen molar-refractivity contribution in [2.24, 2.45) is 0 Å². The summed E-state index contributed by atoms with van der Waals surface area (Å²) < 4.78 is 0. The molecule has 0 aromatic carbocycles. The highest BCUT2D eigenvalue weighted by atomic mass is 32.2. The molecule has 2 rings (SSSR count). The molecule has 0 bridgehead atoms. The molecule has 2 fully saturated rings. The molecule has 1 aliphatic heterocycles. The van der Waals surface area contributed by atoms with Gasteiger partial charge in [-0.3, -0.25) is 19.8 Å². The zero-order valence-electron chi connectivity index (χ0n) is 8.36. The minimum absolute atomic E-state index is 0.0959. The highest BCUT2D eigenvalue weighted by molar-refractivity contribution is 7.99. The van der Waals surface area contributed by atoms with Gasteiger partial charge in [0.15, 0.2) is 0 Å². The summed E-state index contributed by atoms with van der Waals surface area (Å²) in [6.45, 7) is 0. The third kappa shape index (κ3) is 1.73. The fourth-order valence-corrected chi connectivity index (χ4v) is 2.90. The maximum Gasteiger partial charge on any atom is 0.331 e. The number of hydrogen-bond donors (Lipinski definition) is 1. The highest BCUT2D eigenvalue weighted by Gasteiger charge is 2.43. The lowest BCUT2D eigenvalue weighted by atomic mass is 10.2. The average molecular weight is 228 g/mol. The Labute approximate surface area is 91.6 Å². The topological polar surface area (TPSA) is 66.5 Å². The van der Waals surface area contributed by atoms with Crippen LogP contribution >= 0.6 is 11.8 Å². The molecule has 1 heterocycles. The van der Waals surface area contributed by atoms with Gasteiger partial charge in [-0.25, -0.2) is 4.79 Å². The van der Waals surface area contributed by atoms with Gasteiger partial charge < -0.3 is 0 Å². The largest absolute Gasteiger partial charge is 0.331 e. The van der Waals surface area contributed by atoms with Gasteiger partial charge in [-0.1, -0.05) is 0 Å². The molecule has 1 aliphatic carbocycles. The van der Waals surface area contributed by atoms with Gasteiger partial charge in [-0.2, -0.15) is 11.8 Å². The van der Waals surface area contributed by atoms with Crippen molar-refractivity contribution in [1.82, 2.24) is 10.2 Å². The molecule has 15 heavy (non-hydrogen) atoms. The van der Waals surface area contributed by atoms with E-state index in [1.54, 1.807) is 11.8 Å². The minimum Gasteiger partial charge on any atom is -0.269 e. The first-order chi connectivity index (χ1) is 7.13. The molecule has 1 N–H and O–H groups in total. The van der Waals surface area contributed by atoms with Crippen LogP contribution < -0.4 is 5.32 Å². The number of amides is 4. The lowest BCUT2D eigenvalue weighted by molar-refractivity contribution is -0.141. The van der Waals surface area contributed by atoms with E-state index >= 15 is 0 Å². The Morgan fingerprint density at radius 1 is 1.33 bits per heavy atom. The fourth-order valence-electron chi connectivity index (χ4n) is 2.11. The summed E-state index contributed by atoms with van der Waals surface area (Å²) in [6.07, 6.45) is 4.62.